The van der Waals surface area contributed by atoms with Crippen molar-refractivity contribution >= 4 is 17.3 Å². The summed E-state index contributed by atoms with van der Waals surface area (Å²) < 4.78 is 39.5. The lowest BCUT2D eigenvalue weighted by atomic mass is 10.1. The van der Waals surface area contributed by atoms with Crippen LogP contribution in [-0.4, -0.2) is 55.2 Å². The minimum Gasteiger partial charge on any atom is -0.395 e. The number of aliphatic hydroxyl groups excluding tert-OH is 1. The summed E-state index contributed by atoms with van der Waals surface area (Å²) >= 11 is 0. The van der Waals surface area contributed by atoms with Gasteiger partial charge in [0.2, 0.25) is 0 Å². The molecule has 150 valence electrons. The molecule has 2 aromatic carbocycles. The zero-order valence-corrected chi connectivity index (χ0v) is 15.2. The number of benzene rings is 2. The van der Waals surface area contributed by atoms with E-state index >= 15 is 0 Å². The molecule has 0 saturated carbocycles. The monoisotopic (exact) mass is 393 g/mol. The third-order valence-corrected chi connectivity index (χ3v) is 4.74. The Morgan fingerprint density at radius 3 is 2.32 bits per heavy atom. The molecule has 28 heavy (non-hydrogen) atoms. The van der Waals surface area contributed by atoms with E-state index in [0.717, 1.165) is 12.1 Å². The number of carbonyl (C=O) groups excluding carboxylic acids is 1. The topological polar surface area (TPSA) is 55.8 Å². The van der Waals surface area contributed by atoms with E-state index in [4.69, 9.17) is 5.11 Å². The van der Waals surface area contributed by atoms with Crippen LogP contribution in [0.3, 0.4) is 0 Å². The molecule has 0 unspecified atom stereocenters. The Morgan fingerprint density at radius 2 is 1.71 bits per heavy atom. The molecule has 1 aliphatic heterocycles. The van der Waals surface area contributed by atoms with Crippen LogP contribution in [0.1, 0.15) is 15.9 Å². The first kappa shape index (κ1) is 20.2. The van der Waals surface area contributed by atoms with Crippen LogP contribution in [0.15, 0.2) is 48.5 Å². The van der Waals surface area contributed by atoms with Crippen LogP contribution in [0.25, 0.3) is 0 Å². The second kappa shape index (κ2) is 8.62. The standard InChI is InChI=1S/C20H22F3N3O2/c21-20(22,23)16-6-7-18(26-10-8-25(9-11-26)12-13-27)17(14-16)24-19(28)15-4-2-1-3-5-15/h1-7,14,27H,8-13H2,(H,24,28). The first-order valence-electron chi connectivity index (χ1n) is 9.04. The molecule has 5 nitrogen and oxygen atoms in total. The number of anilines is 2. The molecule has 1 heterocycles. The molecule has 0 bridgehead atoms. The van der Waals surface area contributed by atoms with Crippen molar-refractivity contribution in [2.45, 2.75) is 6.18 Å². The van der Waals surface area contributed by atoms with Crippen molar-refractivity contribution in [2.75, 3.05) is 49.5 Å². The highest BCUT2D eigenvalue weighted by Gasteiger charge is 2.32. The number of hydrogen-bond acceptors (Lipinski definition) is 4. The van der Waals surface area contributed by atoms with E-state index in [-0.39, 0.29) is 12.3 Å². The molecule has 1 fully saturated rings. The Morgan fingerprint density at radius 1 is 1.04 bits per heavy atom. The molecule has 8 heteroatoms. The third-order valence-electron chi connectivity index (χ3n) is 4.74. The van der Waals surface area contributed by atoms with Gasteiger partial charge in [-0.1, -0.05) is 18.2 Å². The number of halogens is 3. The summed E-state index contributed by atoms with van der Waals surface area (Å²) in [7, 11) is 0. The Labute approximate surface area is 161 Å². The van der Waals surface area contributed by atoms with Crippen molar-refractivity contribution in [3.63, 3.8) is 0 Å². The Bertz CT molecular complexity index is 804. The van der Waals surface area contributed by atoms with Gasteiger partial charge < -0.3 is 15.3 Å². The van der Waals surface area contributed by atoms with Crippen molar-refractivity contribution < 1.29 is 23.1 Å². The van der Waals surface area contributed by atoms with E-state index in [0.29, 0.717) is 44.0 Å². The molecule has 0 radical (unpaired) electrons. The van der Waals surface area contributed by atoms with Gasteiger partial charge in [0.25, 0.3) is 5.91 Å². The largest absolute Gasteiger partial charge is 0.416 e. The van der Waals surface area contributed by atoms with E-state index in [9.17, 15) is 18.0 Å². The third kappa shape index (κ3) is 4.82. The molecule has 1 amide bonds. The number of hydrogen-bond donors (Lipinski definition) is 2. The van der Waals surface area contributed by atoms with Crippen LogP contribution in [0.2, 0.25) is 0 Å². The highest BCUT2D eigenvalue weighted by molar-refractivity contribution is 6.06. The fraction of sp³-hybridized carbons (Fsp3) is 0.350. The molecule has 3 rings (SSSR count). The molecule has 0 aromatic heterocycles. The van der Waals surface area contributed by atoms with E-state index in [1.807, 2.05) is 4.90 Å². The lowest BCUT2D eigenvalue weighted by Crippen LogP contribution is -2.47. The van der Waals surface area contributed by atoms with Crippen molar-refractivity contribution in [3.8, 4) is 0 Å². The molecular formula is C20H22F3N3O2. The van der Waals surface area contributed by atoms with Crippen molar-refractivity contribution in [1.29, 1.82) is 0 Å². The van der Waals surface area contributed by atoms with Gasteiger partial charge >= 0.3 is 6.18 Å². The summed E-state index contributed by atoms with van der Waals surface area (Å²) in [5, 5.41) is 11.7. The van der Waals surface area contributed by atoms with Crippen LogP contribution in [0, 0.1) is 0 Å². The lowest BCUT2D eigenvalue weighted by molar-refractivity contribution is -0.137. The first-order chi connectivity index (χ1) is 13.4. The predicted molar refractivity (Wildman–Crippen MR) is 102 cm³/mol. The van der Waals surface area contributed by atoms with E-state index in [1.54, 1.807) is 30.3 Å². The number of nitrogens with one attached hydrogen (secondary N) is 1. The molecular weight excluding hydrogens is 371 g/mol. The lowest BCUT2D eigenvalue weighted by Gasteiger charge is -2.36. The van der Waals surface area contributed by atoms with Gasteiger partial charge in [-0.2, -0.15) is 13.2 Å². The van der Waals surface area contributed by atoms with Crippen LogP contribution >= 0.6 is 0 Å². The number of alkyl halides is 3. The van der Waals surface area contributed by atoms with Gasteiger partial charge in [-0.05, 0) is 30.3 Å². The van der Waals surface area contributed by atoms with Crippen LogP contribution in [0.5, 0.6) is 0 Å². The smallest absolute Gasteiger partial charge is 0.395 e. The minimum absolute atomic E-state index is 0.0681. The van der Waals surface area contributed by atoms with Gasteiger partial charge in [0.1, 0.15) is 0 Å². The fourth-order valence-corrected chi connectivity index (χ4v) is 3.23. The fourth-order valence-electron chi connectivity index (χ4n) is 3.23. The van der Waals surface area contributed by atoms with E-state index in [2.05, 4.69) is 10.2 Å². The first-order valence-corrected chi connectivity index (χ1v) is 9.04. The molecule has 2 N–H and O–H groups in total. The summed E-state index contributed by atoms with van der Waals surface area (Å²) in [6.45, 7) is 3.21. The Hall–Kier alpha value is -2.58. The molecule has 0 atom stereocenters. The van der Waals surface area contributed by atoms with Gasteiger partial charge in [-0.15, -0.1) is 0 Å². The van der Waals surface area contributed by atoms with Crippen LogP contribution in [-0.2, 0) is 6.18 Å². The maximum Gasteiger partial charge on any atom is 0.416 e. The summed E-state index contributed by atoms with van der Waals surface area (Å²) in [5.74, 6) is -0.458. The number of nitrogens with zero attached hydrogens (tertiary/aromatic N) is 2. The maximum absolute atomic E-state index is 13.2. The second-order valence-corrected chi connectivity index (χ2v) is 6.60. The number of amides is 1. The zero-order chi connectivity index (χ0) is 20.1. The Kier molecular flexibility index (Phi) is 6.21. The number of piperazine rings is 1. The number of aliphatic hydroxyl groups is 1. The molecule has 2 aromatic rings. The van der Waals surface area contributed by atoms with Crippen molar-refractivity contribution in [2.24, 2.45) is 0 Å². The summed E-state index contributed by atoms with van der Waals surface area (Å²) in [6.07, 6.45) is -4.50. The molecule has 0 aliphatic carbocycles. The highest BCUT2D eigenvalue weighted by atomic mass is 19.4. The van der Waals surface area contributed by atoms with Crippen LogP contribution in [0.4, 0.5) is 24.5 Å². The van der Waals surface area contributed by atoms with Gasteiger partial charge in [-0.3, -0.25) is 9.69 Å². The van der Waals surface area contributed by atoms with E-state index < -0.39 is 17.6 Å². The van der Waals surface area contributed by atoms with Crippen molar-refractivity contribution in [3.05, 3.63) is 59.7 Å². The normalized spacial score (nSPS) is 15.5. The summed E-state index contributed by atoms with van der Waals surface area (Å²) in [5.41, 5.74) is 0.261. The number of β-amino-alcohol motifs (C(OH)–C–C–N with tert-alkyl or cyclic N) is 1. The van der Waals surface area contributed by atoms with Gasteiger partial charge in [0, 0.05) is 38.3 Å². The SMILES string of the molecule is O=C(Nc1cc(C(F)(F)F)ccc1N1CCN(CCO)CC1)c1ccccc1. The van der Waals surface area contributed by atoms with Gasteiger partial charge in [0.15, 0.2) is 0 Å². The quantitative estimate of drug-likeness (QED) is 0.820. The summed E-state index contributed by atoms with van der Waals surface area (Å²) in [4.78, 5) is 16.5. The number of carbonyl (C=O) groups is 1. The number of rotatable bonds is 5. The molecule has 0 spiro atoms. The second-order valence-electron chi connectivity index (χ2n) is 6.60. The molecule has 1 aliphatic rings. The van der Waals surface area contributed by atoms with Crippen LogP contribution < -0.4 is 10.2 Å². The Balaban J connectivity index is 1.86. The van der Waals surface area contributed by atoms with E-state index in [1.165, 1.54) is 6.07 Å². The van der Waals surface area contributed by atoms with Gasteiger partial charge in [-0.25, -0.2) is 0 Å². The average molecular weight is 393 g/mol. The zero-order valence-electron chi connectivity index (χ0n) is 15.2. The van der Waals surface area contributed by atoms with Gasteiger partial charge in [0.05, 0.1) is 23.5 Å². The maximum atomic E-state index is 13.2. The highest BCUT2D eigenvalue weighted by Crippen LogP contribution is 2.36. The summed E-state index contributed by atoms with van der Waals surface area (Å²) in [6, 6.07) is 11.8. The minimum atomic E-state index is -4.50. The van der Waals surface area contributed by atoms with Crippen molar-refractivity contribution in [1.82, 2.24) is 4.90 Å². The average Bonchev–Trinajstić information content (AvgIpc) is 2.69. The predicted octanol–water partition coefficient (Wildman–Crippen LogP) is 3.07. The molecule has 1 saturated heterocycles.